The normalized spacial score (nSPS) is 19.9. The van der Waals surface area contributed by atoms with Crippen LogP contribution < -0.4 is 15.1 Å². The van der Waals surface area contributed by atoms with Gasteiger partial charge in [0.2, 0.25) is 17.7 Å². The highest BCUT2D eigenvalue weighted by Gasteiger charge is 2.56. The van der Waals surface area contributed by atoms with Crippen LogP contribution in [0.1, 0.15) is 16.4 Å². The van der Waals surface area contributed by atoms with Gasteiger partial charge in [-0.15, -0.1) is 0 Å². The Balaban J connectivity index is 1.40. The Morgan fingerprint density at radius 3 is 2.15 bits per heavy atom. The van der Waals surface area contributed by atoms with Gasteiger partial charge in [0, 0.05) is 16.5 Å². The number of phenols is 1. The molecule has 6 rings (SSSR count). The van der Waals surface area contributed by atoms with Crippen LogP contribution in [-0.2, 0) is 20.9 Å². The molecule has 0 spiro atoms. The molecule has 2 aliphatic heterocycles. The van der Waals surface area contributed by atoms with E-state index in [0.29, 0.717) is 21.2 Å². The van der Waals surface area contributed by atoms with Crippen LogP contribution in [0.3, 0.4) is 0 Å². The van der Waals surface area contributed by atoms with Crippen molar-refractivity contribution < 1.29 is 28.3 Å². The lowest BCUT2D eigenvalue weighted by molar-refractivity contribution is -0.122. The van der Waals surface area contributed by atoms with Crippen LogP contribution >= 0.6 is 23.1 Å². The maximum absolute atomic E-state index is 13.8. The zero-order valence-electron chi connectivity index (χ0n) is 20.4. The van der Waals surface area contributed by atoms with Gasteiger partial charge in [-0.3, -0.25) is 23.7 Å². The standard InChI is InChI=1S/C28H19F2N3O5S2/c29-15-3-1-14(2-4-15)21-22-23(26(37)33(25(22)36)18-9-5-16(30)6-10-18)39-27-24(21)40-28(38)32(27)13-20(35)31-17-7-11-19(34)12-8-17/h1-12,21-23,34H,13H2,(H,31,35). The average molecular weight is 580 g/mol. The molecule has 2 aliphatic rings. The van der Waals surface area contributed by atoms with Crippen molar-refractivity contribution in [1.29, 1.82) is 0 Å². The number of carbonyl (C=O) groups excluding carboxylic acids is 3. The quantitative estimate of drug-likeness (QED) is 0.269. The van der Waals surface area contributed by atoms with Gasteiger partial charge in [0.1, 0.15) is 29.2 Å². The number of benzene rings is 3. The first-order valence-electron chi connectivity index (χ1n) is 12.1. The Labute approximate surface area is 233 Å². The Morgan fingerprint density at radius 1 is 0.875 bits per heavy atom. The minimum Gasteiger partial charge on any atom is -0.508 e. The second kappa shape index (κ2) is 10.0. The van der Waals surface area contributed by atoms with Crippen molar-refractivity contribution in [2.75, 3.05) is 10.2 Å². The summed E-state index contributed by atoms with van der Waals surface area (Å²) in [5.74, 6) is -4.16. The Bertz CT molecular complexity index is 1700. The monoisotopic (exact) mass is 579 g/mol. The van der Waals surface area contributed by atoms with E-state index in [1.165, 1.54) is 65.2 Å². The molecule has 1 aromatic heterocycles. The molecule has 3 unspecified atom stereocenters. The summed E-state index contributed by atoms with van der Waals surface area (Å²) in [4.78, 5) is 54.5. The molecule has 4 aromatic rings. The van der Waals surface area contributed by atoms with Gasteiger partial charge in [-0.25, -0.2) is 13.7 Å². The van der Waals surface area contributed by atoms with Crippen LogP contribution in [0.5, 0.6) is 5.75 Å². The van der Waals surface area contributed by atoms with Crippen molar-refractivity contribution in [1.82, 2.24) is 4.57 Å². The third-order valence-electron chi connectivity index (χ3n) is 6.82. The molecule has 8 nitrogen and oxygen atoms in total. The maximum Gasteiger partial charge on any atom is 0.308 e. The molecule has 0 radical (unpaired) electrons. The van der Waals surface area contributed by atoms with Gasteiger partial charge in [-0.1, -0.05) is 35.2 Å². The molecule has 0 saturated carbocycles. The molecule has 3 heterocycles. The fourth-order valence-electron chi connectivity index (χ4n) is 5.02. The van der Waals surface area contributed by atoms with Crippen molar-refractivity contribution >= 4 is 52.2 Å². The highest BCUT2D eigenvalue weighted by molar-refractivity contribution is 8.00. The van der Waals surface area contributed by atoms with Gasteiger partial charge < -0.3 is 10.4 Å². The molecule has 2 N–H and O–H groups in total. The van der Waals surface area contributed by atoms with Crippen LogP contribution in [0.15, 0.2) is 82.6 Å². The van der Waals surface area contributed by atoms with E-state index in [1.54, 1.807) is 0 Å². The number of fused-ring (bicyclic) bond motifs is 2. The molecule has 40 heavy (non-hydrogen) atoms. The van der Waals surface area contributed by atoms with Gasteiger partial charge in [0.05, 0.1) is 16.6 Å². The molecule has 202 valence electrons. The first-order valence-corrected chi connectivity index (χ1v) is 13.8. The molecule has 3 atom stereocenters. The van der Waals surface area contributed by atoms with E-state index < -0.39 is 51.3 Å². The number of rotatable bonds is 5. The Hall–Kier alpha value is -4.29. The number of nitrogens with zero attached hydrogens (tertiary/aromatic N) is 2. The predicted molar refractivity (Wildman–Crippen MR) is 146 cm³/mol. The summed E-state index contributed by atoms with van der Waals surface area (Å²) in [6, 6.07) is 16.4. The van der Waals surface area contributed by atoms with Crippen LogP contribution in [-0.4, -0.2) is 32.6 Å². The number of imide groups is 1. The zero-order chi connectivity index (χ0) is 28.1. The molecule has 3 aromatic carbocycles. The van der Waals surface area contributed by atoms with Crippen molar-refractivity contribution in [2.45, 2.75) is 22.7 Å². The smallest absolute Gasteiger partial charge is 0.308 e. The number of anilines is 2. The Kier molecular flexibility index (Phi) is 6.51. The van der Waals surface area contributed by atoms with Crippen LogP contribution in [0.25, 0.3) is 0 Å². The molecule has 1 saturated heterocycles. The van der Waals surface area contributed by atoms with Gasteiger partial charge >= 0.3 is 4.87 Å². The third kappa shape index (κ3) is 4.48. The Morgan fingerprint density at radius 2 is 1.50 bits per heavy atom. The first-order chi connectivity index (χ1) is 19.2. The van der Waals surface area contributed by atoms with Gasteiger partial charge in [0.15, 0.2) is 0 Å². The van der Waals surface area contributed by atoms with E-state index in [0.717, 1.165) is 40.1 Å². The molecule has 12 heteroatoms. The highest BCUT2D eigenvalue weighted by Crippen LogP contribution is 2.53. The third-order valence-corrected chi connectivity index (χ3v) is 9.42. The fraction of sp³-hybridized carbons (Fsp3) is 0.143. The molecular formula is C28H19F2N3O5S2. The van der Waals surface area contributed by atoms with E-state index >= 15 is 0 Å². The lowest BCUT2D eigenvalue weighted by atomic mass is 9.83. The van der Waals surface area contributed by atoms with E-state index in [9.17, 15) is 33.1 Å². The number of thioether (sulfide) groups is 1. The highest BCUT2D eigenvalue weighted by atomic mass is 32.2. The lowest BCUT2D eigenvalue weighted by Crippen LogP contribution is -2.33. The van der Waals surface area contributed by atoms with E-state index in [-0.39, 0.29) is 18.0 Å². The SMILES string of the molecule is O=C(Cn1c2c(sc1=O)C(c1ccc(F)cc1)C1C(=O)N(c3ccc(F)cc3)C(=O)C1S2)Nc1ccc(O)cc1. The summed E-state index contributed by atoms with van der Waals surface area (Å²) in [5.41, 5.74) is 1.18. The van der Waals surface area contributed by atoms with E-state index in [1.807, 2.05) is 0 Å². The zero-order valence-corrected chi connectivity index (χ0v) is 22.0. The number of hydrogen-bond donors (Lipinski definition) is 2. The molecule has 0 bridgehead atoms. The number of thiazole rings is 1. The van der Waals surface area contributed by atoms with Crippen molar-refractivity contribution in [3.8, 4) is 5.75 Å². The largest absolute Gasteiger partial charge is 0.508 e. The second-order valence-corrected chi connectivity index (χ2v) is 11.4. The van der Waals surface area contributed by atoms with Crippen molar-refractivity contribution in [2.24, 2.45) is 5.92 Å². The van der Waals surface area contributed by atoms with Crippen LogP contribution in [0.4, 0.5) is 20.2 Å². The summed E-state index contributed by atoms with van der Waals surface area (Å²) in [6.07, 6.45) is 0. The summed E-state index contributed by atoms with van der Waals surface area (Å²) >= 11 is 1.91. The number of nitrogens with one attached hydrogen (secondary N) is 1. The number of aromatic nitrogens is 1. The molecule has 3 amide bonds. The maximum atomic E-state index is 13.8. The molecule has 0 aliphatic carbocycles. The number of amides is 3. The van der Waals surface area contributed by atoms with E-state index in [4.69, 9.17) is 0 Å². The van der Waals surface area contributed by atoms with Gasteiger partial charge in [0.25, 0.3) is 0 Å². The summed E-state index contributed by atoms with van der Waals surface area (Å²) in [6.45, 7) is -0.351. The predicted octanol–water partition coefficient (Wildman–Crippen LogP) is 4.33. The van der Waals surface area contributed by atoms with E-state index in [2.05, 4.69) is 5.32 Å². The number of carbonyl (C=O) groups is 3. The number of halogens is 2. The fourth-order valence-corrected chi connectivity index (χ4v) is 7.79. The average Bonchev–Trinajstić information content (AvgIpc) is 3.37. The number of aromatic hydroxyl groups is 1. The lowest BCUT2D eigenvalue weighted by Gasteiger charge is -2.30. The van der Waals surface area contributed by atoms with Crippen LogP contribution in [0, 0.1) is 17.6 Å². The molecular weight excluding hydrogens is 560 g/mol. The summed E-state index contributed by atoms with van der Waals surface area (Å²) in [5, 5.41) is 11.6. The second-order valence-electron chi connectivity index (χ2n) is 9.30. The number of hydrogen-bond acceptors (Lipinski definition) is 7. The summed E-state index contributed by atoms with van der Waals surface area (Å²) < 4.78 is 28.6. The topological polar surface area (TPSA) is 109 Å². The minimum absolute atomic E-state index is 0.0318. The minimum atomic E-state index is -0.930. The van der Waals surface area contributed by atoms with Crippen LogP contribution in [0.2, 0.25) is 0 Å². The van der Waals surface area contributed by atoms with Gasteiger partial charge in [-0.2, -0.15) is 0 Å². The van der Waals surface area contributed by atoms with Gasteiger partial charge in [-0.05, 0) is 66.2 Å². The molecule has 1 fully saturated rings. The van der Waals surface area contributed by atoms with Crippen molar-refractivity contribution in [3.05, 3.63) is 105 Å². The van der Waals surface area contributed by atoms with Crippen molar-refractivity contribution in [3.63, 3.8) is 0 Å². The first kappa shape index (κ1) is 26.0. The number of phenolic OH excluding ortho intramolecular Hbond substituents is 1. The summed E-state index contributed by atoms with van der Waals surface area (Å²) in [7, 11) is 0.